The van der Waals surface area contributed by atoms with Crippen molar-refractivity contribution in [1.29, 1.82) is 0 Å². The highest BCUT2D eigenvalue weighted by Gasteiger charge is 2.47. The number of nitrogens with zero attached hydrogens (tertiary/aromatic N) is 2. The normalized spacial score (nSPS) is 24.6. The van der Waals surface area contributed by atoms with Gasteiger partial charge in [0, 0.05) is 5.56 Å². The summed E-state index contributed by atoms with van der Waals surface area (Å²) in [5, 5.41) is 4.66. The molecule has 4 rings (SSSR count). The average molecular weight is 293 g/mol. The minimum absolute atomic E-state index is 0.209. The first-order valence-corrected chi connectivity index (χ1v) is 6.56. The van der Waals surface area contributed by atoms with Gasteiger partial charge >= 0.3 is 0 Å². The highest BCUT2D eigenvalue weighted by Crippen LogP contribution is 2.53. The molecule has 0 bridgehead atoms. The topological polar surface area (TPSA) is 17.8 Å². The van der Waals surface area contributed by atoms with Gasteiger partial charge in [0.05, 0.1) is 16.2 Å². The molecule has 2 aromatic rings. The third-order valence-electron chi connectivity index (χ3n) is 3.72. The molecule has 0 radical (unpaired) electrons. The lowest BCUT2D eigenvalue weighted by molar-refractivity contribution is 0.627. The van der Waals surface area contributed by atoms with Crippen LogP contribution >= 0.6 is 15.9 Å². The van der Waals surface area contributed by atoms with Crippen molar-refractivity contribution < 1.29 is 4.39 Å². The van der Waals surface area contributed by atoms with Crippen LogP contribution in [0.5, 0.6) is 0 Å². The molecule has 1 saturated carbocycles. The molecule has 0 unspecified atom stereocenters. The van der Waals surface area contributed by atoms with E-state index in [9.17, 15) is 4.39 Å². The first-order chi connectivity index (χ1) is 8.24. The van der Waals surface area contributed by atoms with Crippen LogP contribution in [-0.4, -0.2) is 9.78 Å². The molecule has 17 heavy (non-hydrogen) atoms. The zero-order chi connectivity index (χ0) is 11.6. The van der Waals surface area contributed by atoms with Crippen molar-refractivity contribution in [3.63, 3.8) is 0 Å². The van der Waals surface area contributed by atoms with Gasteiger partial charge in [-0.05, 0) is 59.0 Å². The van der Waals surface area contributed by atoms with E-state index in [1.807, 2.05) is 0 Å². The summed E-state index contributed by atoms with van der Waals surface area (Å²) in [5.41, 5.74) is 3.20. The van der Waals surface area contributed by atoms with Gasteiger partial charge in [-0.1, -0.05) is 0 Å². The zero-order valence-corrected chi connectivity index (χ0v) is 10.6. The molecule has 0 N–H and O–H groups in total. The van der Waals surface area contributed by atoms with E-state index in [4.69, 9.17) is 0 Å². The molecule has 1 aliphatic carbocycles. The fourth-order valence-electron chi connectivity index (χ4n) is 2.70. The number of hydrogen-bond donors (Lipinski definition) is 0. The van der Waals surface area contributed by atoms with Crippen LogP contribution in [0, 0.1) is 11.7 Å². The summed E-state index contributed by atoms with van der Waals surface area (Å²) in [7, 11) is 0. The fraction of sp³-hybridized carbons (Fsp3) is 0.308. The van der Waals surface area contributed by atoms with Crippen molar-refractivity contribution >= 4 is 15.9 Å². The van der Waals surface area contributed by atoms with E-state index in [2.05, 4.69) is 25.7 Å². The predicted molar refractivity (Wildman–Crippen MR) is 66.2 cm³/mol. The van der Waals surface area contributed by atoms with Crippen molar-refractivity contribution in [1.82, 2.24) is 9.78 Å². The summed E-state index contributed by atoms with van der Waals surface area (Å²) in [5.74, 6) is 0.606. The molecule has 86 valence electrons. The summed E-state index contributed by atoms with van der Waals surface area (Å²) in [6, 6.07) is 7.14. The third-order valence-corrected chi connectivity index (χ3v) is 4.55. The Balaban J connectivity index is 1.84. The van der Waals surface area contributed by atoms with Gasteiger partial charge in [0.2, 0.25) is 0 Å². The van der Waals surface area contributed by atoms with Crippen LogP contribution < -0.4 is 0 Å². The standard InChI is InChI=1S/C13H10BrFN2/c14-12-11-6-8-5-10(8)17(11)16-13(12)7-1-3-9(15)4-2-7/h1-4,8,10H,5-6H2/t8-,10-/m0/s1. The van der Waals surface area contributed by atoms with Crippen LogP contribution in [0.25, 0.3) is 11.3 Å². The van der Waals surface area contributed by atoms with Gasteiger partial charge in [-0.2, -0.15) is 5.10 Å². The second-order valence-electron chi connectivity index (χ2n) is 4.83. The minimum Gasteiger partial charge on any atom is -0.264 e. The molecule has 2 atom stereocenters. The number of aromatic nitrogens is 2. The second-order valence-corrected chi connectivity index (χ2v) is 5.62. The largest absolute Gasteiger partial charge is 0.264 e. The van der Waals surface area contributed by atoms with Crippen molar-refractivity contribution in [2.24, 2.45) is 5.92 Å². The molecule has 4 heteroatoms. The molecule has 2 aliphatic rings. The maximum absolute atomic E-state index is 12.9. The van der Waals surface area contributed by atoms with E-state index in [0.717, 1.165) is 28.1 Å². The Labute approximate surface area is 107 Å². The summed E-state index contributed by atoms with van der Waals surface area (Å²) < 4.78 is 16.1. The van der Waals surface area contributed by atoms with Crippen LogP contribution in [0.1, 0.15) is 18.2 Å². The maximum Gasteiger partial charge on any atom is 0.123 e. The van der Waals surface area contributed by atoms with Gasteiger partial charge in [-0.15, -0.1) is 0 Å². The highest BCUT2D eigenvalue weighted by molar-refractivity contribution is 9.10. The molecule has 0 saturated heterocycles. The van der Waals surface area contributed by atoms with Crippen molar-refractivity contribution in [3.05, 3.63) is 40.2 Å². The number of hydrogen-bond acceptors (Lipinski definition) is 1. The van der Waals surface area contributed by atoms with Gasteiger partial charge < -0.3 is 0 Å². The van der Waals surface area contributed by atoms with Gasteiger partial charge in [-0.3, -0.25) is 4.68 Å². The lowest BCUT2D eigenvalue weighted by Crippen LogP contribution is -1.95. The summed E-state index contributed by atoms with van der Waals surface area (Å²) in [6.45, 7) is 0. The molecule has 0 spiro atoms. The van der Waals surface area contributed by atoms with E-state index in [1.165, 1.54) is 24.2 Å². The van der Waals surface area contributed by atoms with Crippen LogP contribution in [-0.2, 0) is 6.42 Å². The van der Waals surface area contributed by atoms with Crippen LogP contribution in [0.4, 0.5) is 4.39 Å². The SMILES string of the molecule is Fc1ccc(-c2nn3c(c2Br)C[C@@H]2C[C@@H]23)cc1. The highest BCUT2D eigenvalue weighted by atomic mass is 79.9. The Hall–Kier alpha value is -1.16. The van der Waals surface area contributed by atoms with E-state index in [-0.39, 0.29) is 5.82 Å². The quantitative estimate of drug-likeness (QED) is 0.786. The van der Waals surface area contributed by atoms with Gasteiger partial charge in [0.1, 0.15) is 11.5 Å². The van der Waals surface area contributed by atoms with Crippen molar-refractivity contribution in [3.8, 4) is 11.3 Å². The molecular weight excluding hydrogens is 283 g/mol. The first kappa shape index (κ1) is 9.83. The number of benzene rings is 1. The molecule has 1 fully saturated rings. The van der Waals surface area contributed by atoms with Gasteiger partial charge in [-0.25, -0.2) is 4.39 Å². The third kappa shape index (κ3) is 1.33. The molecule has 2 nitrogen and oxygen atoms in total. The Bertz CT molecular complexity index is 603. The van der Waals surface area contributed by atoms with Crippen molar-refractivity contribution in [2.45, 2.75) is 18.9 Å². The number of fused-ring (bicyclic) bond motifs is 3. The monoisotopic (exact) mass is 292 g/mol. The lowest BCUT2D eigenvalue weighted by Gasteiger charge is -1.98. The molecule has 2 heterocycles. The minimum atomic E-state index is -0.209. The van der Waals surface area contributed by atoms with Crippen LogP contribution in [0.3, 0.4) is 0 Å². The van der Waals surface area contributed by atoms with Crippen LogP contribution in [0.15, 0.2) is 28.7 Å². The number of halogens is 2. The Morgan fingerprint density at radius 3 is 2.76 bits per heavy atom. The van der Waals surface area contributed by atoms with E-state index in [1.54, 1.807) is 12.1 Å². The molecule has 1 aliphatic heterocycles. The van der Waals surface area contributed by atoms with Gasteiger partial charge in [0.15, 0.2) is 0 Å². The molecule has 1 aromatic heterocycles. The van der Waals surface area contributed by atoms with E-state index >= 15 is 0 Å². The predicted octanol–water partition coefficient (Wildman–Crippen LogP) is 3.57. The first-order valence-electron chi connectivity index (χ1n) is 5.77. The Morgan fingerprint density at radius 1 is 1.29 bits per heavy atom. The molecule has 1 aromatic carbocycles. The average Bonchev–Trinajstić information content (AvgIpc) is 2.90. The maximum atomic E-state index is 12.9. The second kappa shape index (κ2) is 3.19. The van der Waals surface area contributed by atoms with Gasteiger partial charge in [0.25, 0.3) is 0 Å². The fourth-order valence-corrected chi connectivity index (χ4v) is 3.35. The summed E-state index contributed by atoms with van der Waals surface area (Å²) in [4.78, 5) is 0. The molecule has 0 amide bonds. The van der Waals surface area contributed by atoms with E-state index in [0.29, 0.717) is 6.04 Å². The Kier molecular flexibility index (Phi) is 1.85. The summed E-state index contributed by atoms with van der Waals surface area (Å²) >= 11 is 3.63. The van der Waals surface area contributed by atoms with Crippen molar-refractivity contribution in [2.75, 3.05) is 0 Å². The lowest BCUT2D eigenvalue weighted by atomic mass is 10.1. The number of rotatable bonds is 1. The smallest absolute Gasteiger partial charge is 0.123 e. The van der Waals surface area contributed by atoms with E-state index < -0.39 is 0 Å². The van der Waals surface area contributed by atoms with Crippen LogP contribution in [0.2, 0.25) is 0 Å². The zero-order valence-electron chi connectivity index (χ0n) is 9.03. The molecular formula is C13H10BrFN2. The summed E-state index contributed by atoms with van der Waals surface area (Å²) in [6.07, 6.45) is 2.39. The Morgan fingerprint density at radius 2 is 2.06 bits per heavy atom.